The molecule has 0 spiro atoms. The lowest BCUT2D eigenvalue weighted by Crippen LogP contribution is -2.34. The molecule has 0 bridgehead atoms. The summed E-state index contributed by atoms with van der Waals surface area (Å²) < 4.78 is 5.47. The number of pyridine rings is 1. The van der Waals surface area contributed by atoms with Crippen molar-refractivity contribution in [2.75, 3.05) is 19.7 Å². The number of allylic oxidation sites excluding steroid dienone is 1. The van der Waals surface area contributed by atoms with Crippen molar-refractivity contribution in [2.24, 2.45) is 0 Å². The van der Waals surface area contributed by atoms with E-state index in [2.05, 4.69) is 12.1 Å². The fourth-order valence-corrected chi connectivity index (χ4v) is 4.61. The molecule has 2 aromatic heterocycles. The Kier molecular flexibility index (Phi) is 5.95. The van der Waals surface area contributed by atoms with Gasteiger partial charge in [-0.3, -0.25) is 4.79 Å². The van der Waals surface area contributed by atoms with Gasteiger partial charge in [0.15, 0.2) is 6.61 Å². The predicted molar refractivity (Wildman–Crippen MR) is 120 cm³/mol. The molecule has 0 aliphatic heterocycles. The van der Waals surface area contributed by atoms with Gasteiger partial charge in [0, 0.05) is 23.4 Å². The van der Waals surface area contributed by atoms with Gasteiger partial charge in [0.1, 0.15) is 0 Å². The van der Waals surface area contributed by atoms with Crippen LogP contribution in [0, 0.1) is 0 Å². The normalized spacial score (nSPS) is 14.1. The minimum absolute atomic E-state index is 0.179. The third-order valence-corrected chi connectivity index (χ3v) is 6.27. The van der Waals surface area contributed by atoms with Crippen LogP contribution in [-0.2, 0) is 16.0 Å². The number of para-hydroxylation sites is 1. The molecule has 4 rings (SSSR count). The number of carbonyl (C=O) groups excluding carboxylic acids is 2. The third-order valence-electron chi connectivity index (χ3n) is 5.45. The molecule has 0 saturated carbocycles. The van der Waals surface area contributed by atoms with E-state index >= 15 is 0 Å². The van der Waals surface area contributed by atoms with Crippen molar-refractivity contribution in [3.05, 3.63) is 63.5 Å². The van der Waals surface area contributed by atoms with Crippen LogP contribution >= 0.6 is 11.3 Å². The molecule has 0 saturated heterocycles. The molecular weight excluding hydrogens is 396 g/mol. The maximum absolute atomic E-state index is 13.1. The van der Waals surface area contributed by atoms with Crippen LogP contribution in [0.15, 0.2) is 41.8 Å². The van der Waals surface area contributed by atoms with E-state index in [1.807, 2.05) is 49.6 Å². The van der Waals surface area contributed by atoms with E-state index in [0.29, 0.717) is 18.7 Å². The summed E-state index contributed by atoms with van der Waals surface area (Å²) in [5.74, 6) is -0.635. The minimum Gasteiger partial charge on any atom is -0.452 e. The van der Waals surface area contributed by atoms with Gasteiger partial charge >= 0.3 is 5.97 Å². The molecule has 1 aliphatic carbocycles. The first-order valence-corrected chi connectivity index (χ1v) is 11.1. The topological polar surface area (TPSA) is 59.5 Å². The Morgan fingerprint density at radius 2 is 1.93 bits per heavy atom. The first kappa shape index (κ1) is 20.3. The maximum atomic E-state index is 13.1. The number of rotatable bonds is 6. The molecular formula is C24H24N2O3S. The number of esters is 1. The highest BCUT2D eigenvalue weighted by atomic mass is 32.1. The van der Waals surface area contributed by atoms with Crippen LogP contribution in [0.2, 0.25) is 0 Å². The Morgan fingerprint density at radius 3 is 2.67 bits per heavy atom. The van der Waals surface area contributed by atoms with E-state index in [1.54, 1.807) is 16.2 Å². The zero-order valence-corrected chi connectivity index (χ0v) is 18.0. The predicted octanol–water partition coefficient (Wildman–Crippen LogP) is 4.81. The molecule has 2 heterocycles. The van der Waals surface area contributed by atoms with Crippen LogP contribution in [0.1, 0.15) is 46.8 Å². The number of carbonyl (C=O) groups is 2. The summed E-state index contributed by atoms with van der Waals surface area (Å²) in [5, 5.41) is 2.82. The number of benzene rings is 1. The Balaban J connectivity index is 1.71. The van der Waals surface area contributed by atoms with E-state index in [4.69, 9.17) is 9.72 Å². The van der Waals surface area contributed by atoms with E-state index in [-0.39, 0.29) is 12.5 Å². The summed E-state index contributed by atoms with van der Waals surface area (Å²) in [6, 6.07) is 11.7. The van der Waals surface area contributed by atoms with Crippen molar-refractivity contribution in [2.45, 2.75) is 26.7 Å². The second-order valence-electron chi connectivity index (χ2n) is 7.16. The summed E-state index contributed by atoms with van der Waals surface area (Å²) in [4.78, 5) is 33.1. The van der Waals surface area contributed by atoms with E-state index in [9.17, 15) is 9.59 Å². The molecule has 0 N–H and O–H groups in total. The van der Waals surface area contributed by atoms with Gasteiger partial charge in [-0.15, -0.1) is 11.3 Å². The van der Waals surface area contributed by atoms with E-state index < -0.39 is 5.97 Å². The quantitative estimate of drug-likeness (QED) is 0.537. The lowest BCUT2D eigenvalue weighted by molar-refractivity contribution is -0.134. The molecule has 1 amide bonds. The van der Waals surface area contributed by atoms with Crippen LogP contribution in [0.3, 0.4) is 0 Å². The summed E-state index contributed by atoms with van der Waals surface area (Å²) in [6.07, 6.45) is 3.71. The molecule has 6 heteroatoms. The van der Waals surface area contributed by atoms with Crippen LogP contribution < -0.4 is 0 Å². The number of fused-ring (bicyclic) bond motifs is 2. The average Bonchev–Trinajstić information content (AvgIpc) is 3.42. The van der Waals surface area contributed by atoms with Crippen LogP contribution in [0.4, 0.5) is 0 Å². The molecule has 154 valence electrons. The monoisotopic (exact) mass is 420 g/mol. The highest BCUT2D eigenvalue weighted by Crippen LogP contribution is 2.38. The fourth-order valence-electron chi connectivity index (χ4n) is 3.92. The van der Waals surface area contributed by atoms with E-state index in [1.165, 1.54) is 4.88 Å². The highest BCUT2D eigenvalue weighted by Gasteiger charge is 2.28. The molecule has 1 aromatic carbocycles. The Hall–Kier alpha value is -2.99. The van der Waals surface area contributed by atoms with Crippen molar-refractivity contribution in [1.82, 2.24) is 9.88 Å². The first-order valence-electron chi connectivity index (χ1n) is 10.2. The number of likely N-dealkylation sites (N-methyl/N-ethyl adjacent to an activating group) is 1. The third kappa shape index (κ3) is 3.87. The standard InChI is InChI=1S/C24H24N2O3S/c1-3-26(4-2)21(27)15-29-24(28)22-18-9-5-6-10-20(18)25-23-16(11-12-19(22)23)14-17-8-7-13-30-17/h5-10,13-14H,3-4,11-12,15H2,1-2H3. The van der Waals surface area contributed by atoms with E-state index in [0.717, 1.165) is 40.6 Å². The van der Waals surface area contributed by atoms with Crippen LogP contribution in [0.5, 0.6) is 0 Å². The van der Waals surface area contributed by atoms with Crippen molar-refractivity contribution < 1.29 is 14.3 Å². The molecule has 0 atom stereocenters. The number of ether oxygens (including phenoxy) is 1. The van der Waals surface area contributed by atoms with Gasteiger partial charge in [0.05, 0.1) is 16.8 Å². The van der Waals surface area contributed by atoms with Gasteiger partial charge in [-0.1, -0.05) is 24.3 Å². The summed E-state index contributed by atoms with van der Waals surface area (Å²) in [6.45, 7) is 4.76. The molecule has 1 aliphatic rings. The van der Waals surface area contributed by atoms with Crippen LogP contribution in [0.25, 0.3) is 22.6 Å². The van der Waals surface area contributed by atoms with Crippen molar-refractivity contribution >= 4 is 45.8 Å². The number of amides is 1. The van der Waals surface area contributed by atoms with Gasteiger partial charge in [0.25, 0.3) is 5.91 Å². The number of thiophene rings is 1. The zero-order valence-electron chi connectivity index (χ0n) is 17.2. The number of hydrogen-bond donors (Lipinski definition) is 0. The largest absolute Gasteiger partial charge is 0.452 e. The Labute approximate surface area is 180 Å². The zero-order chi connectivity index (χ0) is 21.1. The average molecular weight is 421 g/mol. The molecule has 0 radical (unpaired) electrons. The van der Waals surface area contributed by atoms with Gasteiger partial charge in [-0.05, 0) is 61.4 Å². The molecule has 0 fully saturated rings. The smallest absolute Gasteiger partial charge is 0.339 e. The van der Waals surface area contributed by atoms with Gasteiger partial charge < -0.3 is 9.64 Å². The lowest BCUT2D eigenvalue weighted by atomic mass is 10.0. The lowest BCUT2D eigenvalue weighted by Gasteiger charge is -2.18. The molecule has 30 heavy (non-hydrogen) atoms. The van der Waals surface area contributed by atoms with Crippen LogP contribution in [-0.4, -0.2) is 41.5 Å². The summed E-state index contributed by atoms with van der Waals surface area (Å²) >= 11 is 1.68. The number of aromatic nitrogens is 1. The summed E-state index contributed by atoms with van der Waals surface area (Å²) in [5.41, 5.74) is 4.21. The fraction of sp³-hybridized carbons (Fsp3) is 0.292. The second-order valence-corrected chi connectivity index (χ2v) is 8.14. The molecule has 3 aromatic rings. The number of nitrogens with zero attached hydrogens (tertiary/aromatic N) is 2. The van der Waals surface area contributed by atoms with Crippen molar-refractivity contribution in [3.63, 3.8) is 0 Å². The van der Waals surface area contributed by atoms with Gasteiger partial charge in [0.2, 0.25) is 0 Å². The van der Waals surface area contributed by atoms with Crippen molar-refractivity contribution in [3.8, 4) is 0 Å². The maximum Gasteiger partial charge on any atom is 0.339 e. The Morgan fingerprint density at radius 1 is 1.13 bits per heavy atom. The van der Waals surface area contributed by atoms with Gasteiger partial charge in [-0.2, -0.15) is 0 Å². The van der Waals surface area contributed by atoms with Crippen molar-refractivity contribution in [1.29, 1.82) is 0 Å². The first-order chi connectivity index (χ1) is 14.6. The SMILES string of the molecule is CCN(CC)C(=O)COC(=O)c1c2c(nc3ccccc13)C(=Cc1cccs1)CC2. The number of hydrogen-bond acceptors (Lipinski definition) is 5. The molecule has 5 nitrogen and oxygen atoms in total. The summed E-state index contributed by atoms with van der Waals surface area (Å²) in [7, 11) is 0. The second kappa shape index (κ2) is 8.79. The minimum atomic E-state index is -0.456. The Bertz CT molecular complexity index is 1110. The van der Waals surface area contributed by atoms with Gasteiger partial charge in [-0.25, -0.2) is 9.78 Å². The highest BCUT2D eigenvalue weighted by molar-refractivity contribution is 7.10. The molecule has 0 unspecified atom stereocenters.